The van der Waals surface area contributed by atoms with Crippen molar-refractivity contribution in [2.75, 3.05) is 26.3 Å². The quantitative estimate of drug-likeness (QED) is 0.692. The van der Waals surface area contributed by atoms with E-state index in [1.165, 1.54) is 0 Å². The van der Waals surface area contributed by atoms with Crippen LogP contribution in [0.1, 0.15) is 13.8 Å². The number of carbonyl (C=O) groups is 1. The number of nitrogens with zero attached hydrogens (tertiary/aromatic N) is 1. The van der Waals surface area contributed by atoms with Crippen LogP contribution in [0, 0.1) is 11.8 Å². The maximum atomic E-state index is 11.3. The van der Waals surface area contributed by atoms with Crippen molar-refractivity contribution in [3.8, 4) is 0 Å². The van der Waals surface area contributed by atoms with E-state index in [2.05, 4.69) is 0 Å². The zero-order chi connectivity index (χ0) is 9.84. The fraction of sp³-hybridized carbons (Fsp3) is 0.889. The van der Waals surface area contributed by atoms with Crippen LogP contribution < -0.4 is 0 Å². The van der Waals surface area contributed by atoms with Crippen molar-refractivity contribution in [3.05, 3.63) is 0 Å². The molecule has 4 nitrogen and oxygen atoms in total. The Kier molecular flexibility index (Phi) is 3.54. The summed E-state index contributed by atoms with van der Waals surface area (Å²) in [4.78, 5) is 12.9. The molecule has 2 atom stereocenters. The van der Waals surface area contributed by atoms with Gasteiger partial charge in [0, 0.05) is 25.6 Å². The van der Waals surface area contributed by atoms with Crippen LogP contribution in [-0.2, 0) is 4.74 Å². The van der Waals surface area contributed by atoms with Crippen LogP contribution >= 0.6 is 0 Å². The van der Waals surface area contributed by atoms with E-state index >= 15 is 0 Å². The summed E-state index contributed by atoms with van der Waals surface area (Å²) in [5.74, 6) is 0.582. The number of amides is 1. The largest absolute Gasteiger partial charge is 0.450 e. The number of carbonyl (C=O) groups excluding carboxylic acids is 1. The summed E-state index contributed by atoms with van der Waals surface area (Å²) in [5, 5.41) is 8.99. The van der Waals surface area contributed by atoms with Gasteiger partial charge in [-0.05, 0) is 12.8 Å². The lowest BCUT2D eigenvalue weighted by atomic mass is 10.00. The molecule has 1 N–H and O–H groups in total. The van der Waals surface area contributed by atoms with Crippen molar-refractivity contribution in [2.24, 2.45) is 11.8 Å². The van der Waals surface area contributed by atoms with E-state index in [4.69, 9.17) is 9.84 Å². The molecule has 0 spiro atoms. The van der Waals surface area contributed by atoms with Gasteiger partial charge in [0.25, 0.3) is 0 Å². The molecule has 1 amide bonds. The molecule has 1 rings (SSSR count). The normalized spacial score (nSPS) is 27.8. The number of ether oxygens (including phenoxy) is 1. The first-order chi connectivity index (χ1) is 6.19. The van der Waals surface area contributed by atoms with Crippen molar-refractivity contribution in [3.63, 3.8) is 0 Å². The number of hydrogen-bond donors (Lipinski definition) is 1. The zero-order valence-electron chi connectivity index (χ0n) is 8.19. The molecule has 13 heavy (non-hydrogen) atoms. The number of hydrogen-bond acceptors (Lipinski definition) is 3. The first-order valence-corrected chi connectivity index (χ1v) is 4.71. The highest BCUT2D eigenvalue weighted by Gasteiger charge is 2.32. The van der Waals surface area contributed by atoms with Gasteiger partial charge < -0.3 is 14.7 Å². The molecule has 0 aromatic rings. The molecule has 0 bridgehead atoms. The average molecular weight is 187 g/mol. The second-order valence-electron chi connectivity index (χ2n) is 3.52. The molecule has 1 aliphatic rings. The molecule has 1 heterocycles. The molecule has 76 valence electrons. The van der Waals surface area contributed by atoms with Crippen LogP contribution in [0.3, 0.4) is 0 Å². The Morgan fingerprint density at radius 3 is 2.77 bits per heavy atom. The average Bonchev–Trinajstić information content (AvgIpc) is 2.47. The maximum absolute atomic E-state index is 11.3. The van der Waals surface area contributed by atoms with Gasteiger partial charge in [-0.3, -0.25) is 0 Å². The van der Waals surface area contributed by atoms with E-state index < -0.39 is 0 Å². The molecule has 0 aromatic carbocycles. The van der Waals surface area contributed by atoms with Crippen LogP contribution in [0.25, 0.3) is 0 Å². The summed E-state index contributed by atoms with van der Waals surface area (Å²) in [7, 11) is 0. The smallest absolute Gasteiger partial charge is 0.409 e. The van der Waals surface area contributed by atoms with Crippen molar-refractivity contribution in [2.45, 2.75) is 13.8 Å². The summed E-state index contributed by atoms with van der Waals surface area (Å²) in [6.45, 7) is 5.71. The van der Waals surface area contributed by atoms with Gasteiger partial charge in [-0.1, -0.05) is 6.92 Å². The zero-order valence-corrected chi connectivity index (χ0v) is 8.19. The van der Waals surface area contributed by atoms with Gasteiger partial charge in [-0.2, -0.15) is 0 Å². The standard InChI is InChI=1S/C9H17NO3/c1-3-13-9(12)10-4-7(2)8(5-10)6-11/h7-8,11H,3-6H2,1-2H3/t7?,8-/m0/s1. The van der Waals surface area contributed by atoms with E-state index in [0.717, 1.165) is 0 Å². The minimum Gasteiger partial charge on any atom is -0.450 e. The predicted molar refractivity (Wildman–Crippen MR) is 48.3 cm³/mol. The van der Waals surface area contributed by atoms with E-state index in [1.54, 1.807) is 11.8 Å². The molecule has 0 aromatic heterocycles. The summed E-state index contributed by atoms with van der Waals surface area (Å²) in [5.41, 5.74) is 0. The van der Waals surface area contributed by atoms with Gasteiger partial charge in [-0.15, -0.1) is 0 Å². The topological polar surface area (TPSA) is 49.8 Å². The fourth-order valence-electron chi connectivity index (χ4n) is 1.64. The molecule has 0 saturated carbocycles. The maximum Gasteiger partial charge on any atom is 0.409 e. The van der Waals surface area contributed by atoms with Crippen LogP contribution in [-0.4, -0.2) is 42.4 Å². The summed E-state index contributed by atoms with van der Waals surface area (Å²) in [6.07, 6.45) is -0.259. The Labute approximate surface area is 78.5 Å². The number of aliphatic hydroxyl groups is 1. The SMILES string of the molecule is CCOC(=O)N1CC(C)[C@H](CO)C1. The minimum atomic E-state index is -0.259. The third kappa shape index (κ3) is 2.34. The summed E-state index contributed by atoms with van der Waals surface area (Å²) < 4.78 is 4.87. The molecule has 4 heteroatoms. The second kappa shape index (κ2) is 4.46. The van der Waals surface area contributed by atoms with E-state index in [9.17, 15) is 4.79 Å². The van der Waals surface area contributed by atoms with Crippen molar-refractivity contribution in [1.29, 1.82) is 0 Å². The Morgan fingerprint density at radius 1 is 1.62 bits per heavy atom. The lowest BCUT2D eigenvalue weighted by molar-refractivity contribution is 0.112. The number of likely N-dealkylation sites (tertiary alicyclic amines) is 1. The van der Waals surface area contributed by atoms with Gasteiger partial charge in [0.2, 0.25) is 0 Å². The Balaban J connectivity index is 2.43. The van der Waals surface area contributed by atoms with Gasteiger partial charge in [-0.25, -0.2) is 4.79 Å². The third-order valence-corrected chi connectivity index (χ3v) is 2.53. The van der Waals surface area contributed by atoms with Crippen LogP contribution in [0.5, 0.6) is 0 Å². The molecular weight excluding hydrogens is 170 g/mol. The summed E-state index contributed by atoms with van der Waals surface area (Å²) in [6, 6.07) is 0. The Morgan fingerprint density at radius 2 is 2.31 bits per heavy atom. The monoisotopic (exact) mass is 187 g/mol. The van der Waals surface area contributed by atoms with Gasteiger partial charge in [0.15, 0.2) is 0 Å². The fourth-order valence-corrected chi connectivity index (χ4v) is 1.64. The second-order valence-corrected chi connectivity index (χ2v) is 3.52. The predicted octanol–water partition coefficient (Wildman–Crippen LogP) is 0.703. The highest BCUT2D eigenvalue weighted by molar-refractivity contribution is 5.67. The molecular formula is C9H17NO3. The molecule has 1 fully saturated rings. The Bertz CT molecular complexity index is 184. The van der Waals surface area contributed by atoms with E-state index in [1.807, 2.05) is 6.92 Å². The highest BCUT2D eigenvalue weighted by atomic mass is 16.6. The Hall–Kier alpha value is -0.770. The molecule has 1 saturated heterocycles. The number of aliphatic hydroxyl groups excluding tert-OH is 1. The van der Waals surface area contributed by atoms with Crippen LogP contribution in [0.2, 0.25) is 0 Å². The molecule has 1 unspecified atom stereocenters. The van der Waals surface area contributed by atoms with Crippen LogP contribution in [0.15, 0.2) is 0 Å². The lowest BCUT2D eigenvalue weighted by Crippen LogP contribution is -2.29. The van der Waals surface area contributed by atoms with Crippen LogP contribution in [0.4, 0.5) is 4.79 Å². The summed E-state index contributed by atoms with van der Waals surface area (Å²) >= 11 is 0. The van der Waals surface area contributed by atoms with Gasteiger partial charge in [0.1, 0.15) is 0 Å². The molecule has 0 radical (unpaired) electrons. The van der Waals surface area contributed by atoms with Gasteiger partial charge in [0.05, 0.1) is 6.61 Å². The molecule has 0 aliphatic carbocycles. The minimum absolute atomic E-state index is 0.150. The van der Waals surface area contributed by atoms with Crippen molar-refractivity contribution < 1.29 is 14.6 Å². The highest BCUT2D eigenvalue weighted by Crippen LogP contribution is 2.22. The first kappa shape index (κ1) is 10.3. The number of rotatable bonds is 2. The lowest BCUT2D eigenvalue weighted by Gasteiger charge is -2.14. The van der Waals surface area contributed by atoms with E-state index in [-0.39, 0.29) is 18.6 Å². The van der Waals surface area contributed by atoms with Crippen molar-refractivity contribution in [1.82, 2.24) is 4.90 Å². The van der Waals surface area contributed by atoms with Gasteiger partial charge >= 0.3 is 6.09 Å². The third-order valence-electron chi connectivity index (χ3n) is 2.53. The first-order valence-electron chi connectivity index (χ1n) is 4.71. The van der Waals surface area contributed by atoms with Crippen molar-refractivity contribution >= 4 is 6.09 Å². The van der Waals surface area contributed by atoms with E-state index in [0.29, 0.717) is 25.6 Å². The molecule has 1 aliphatic heterocycles.